The van der Waals surface area contributed by atoms with E-state index in [0.29, 0.717) is 24.9 Å². The van der Waals surface area contributed by atoms with Crippen molar-refractivity contribution >= 4 is 21.6 Å². The van der Waals surface area contributed by atoms with Crippen LogP contribution in [0.3, 0.4) is 0 Å². The predicted molar refractivity (Wildman–Crippen MR) is 75.5 cm³/mol. The van der Waals surface area contributed by atoms with Crippen molar-refractivity contribution in [3.05, 3.63) is 24.3 Å². The fraction of sp³-hybridized carbons (Fsp3) is 0.571. The van der Waals surface area contributed by atoms with E-state index in [1.54, 1.807) is 8.61 Å². The summed E-state index contributed by atoms with van der Waals surface area (Å²) in [5, 5.41) is 0. The van der Waals surface area contributed by atoms with Gasteiger partial charge in [0.2, 0.25) is 0 Å². The Morgan fingerprint density at radius 3 is 1.68 bits per heavy atom. The molecule has 4 nitrogen and oxygen atoms in total. The number of para-hydroxylation sites is 2. The van der Waals surface area contributed by atoms with Gasteiger partial charge in [-0.1, -0.05) is 12.1 Å². The highest BCUT2D eigenvalue weighted by Gasteiger charge is 2.44. The molecule has 2 saturated carbocycles. The molecule has 0 spiro atoms. The van der Waals surface area contributed by atoms with Gasteiger partial charge in [-0.2, -0.15) is 8.42 Å². The van der Waals surface area contributed by atoms with Crippen molar-refractivity contribution < 1.29 is 8.42 Å². The summed E-state index contributed by atoms with van der Waals surface area (Å²) < 4.78 is 28.7. The lowest BCUT2D eigenvalue weighted by Gasteiger charge is -2.21. The van der Waals surface area contributed by atoms with Gasteiger partial charge < -0.3 is 0 Å². The SMILES string of the molecule is O=S1(=O)N(CC2CC2)c2ccccc2N1CC1CC1. The molecule has 0 saturated heterocycles. The summed E-state index contributed by atoms with van der Waals surface area (Å²) >= 11 is 0. The van der Waals surface area contributed by atoms with Gasteiger partial charge in [0.1, 0.15) is 0 Å². The highest BCUT2D eigenvalue weighted by Crippen LogP contribution is 2.45. The van der Waals surface area contributed by atoms with Gasteiger partial charge in [0.25, 0.3) is 0 Å². The molecule has 1 aromatic rings. The third-order valence-electron chi connectivity index (χ3n) is 4.22. The van der Waals surface area contributed by atoms with Crippen LogP contribution in [0.15, 0.2) is 24.3 Å². The average molecular weight is 278 g/mol. The minimum Gasteiger partial charge on any atom is -0.251 e. The van der Waals surface area contributed by atoms with Gasteiger partial charge in [-0.25, -0.2) is 0 Å². The minimum absolute atomic E-state index is 0.559. The molecule has 0 N–H and O–H groups in total. The Labute approximate surface area is 114 Å². The third kappa shape index (κ3) is 1.91. The van der Waals surface area contributed by atoms with Crippen molar-refractivity contribution in [3.63, 3.8) is 0 Å². The summed E-state index contributed by atoms with van der Waals surface area (Å²) in [5.41, 5.74) is 1.74. The molecule has 0 aromatic heterocycles. The molecule has 0 radical (unpaired) electrons. The van der Waals surface area contributed by atoms with Crippen LogP contribution in [0.4, 0.5) is 11.4 Å². The topological polar surface area (TPSA) is 40.6 Å². The van der Waals surface area contributed by atoms with E-state index in [9.17, 15) is 8.42 Å². The first-order valence-electron chi connectivity index (χ1n) is 7.05. The molecule has 0 atom stereocenters. The van der Waals surface area contributed by atoms with Gasteiger partial charge in [-0.05, 0) is 49.7 Å². The first-order valence-corrected chi connectivity index (χ1v) is 8.45. The zero-order valence-electron chi connectivity index (χ0n) is 10.8. The van der Waals surface area contributed by atoms with Gasteiger partial charge in [0.15, 0.2) is 0 Å². The molecule has 19 heavy (non-hydrogen) atoms. The fourth-order valence-corrected chi connectivity index (χ4v) is 4.55. The average Bonchev–Trinajstić information content (AvgIpc) is 3.26. The number of hydrogen-bond acceptors (Lipinski definition) is 2. The molecule has 0 amide bonds. The van der Waals surface area contributed by atoms with E-state index >= 15 is 0 Å². The first-order chi connectivity index (χ1) is 9.16. The largest absolute Gasteiger partial charge is 0.326 e. The third-order valence-corrected chi connectivity index (χ3v) is 6.02. The van der Waals surface area contributed by atoms with Gasteiger partial charge in [-0.15, -0.1) is 0 Å². The summed E-state index contributed by atoms with van der Waals surface area (Å²) in [4.78, 5) is 0. The summed E-state index contributed by atoms with van der Waals surface area (Å²) in [6, 6.07) is 7.72. The second-order valence-corrected chi connectivity index (χ2v) is 7.72. The highest BCUT2D eigenvalue weighted by atomic mass is 32.2. The van der Waals surface area contributed by atoms with Gasteiger partial charge in [-0.3, -0.25) is 8.61 Å². The maximum absolute atomic E-state index is 12.7. The summed E-state index contributed by atoms with van der Waals surface area (Å²) in [6.07, 6.45) is 4.65. The van der Waals surface area contributed by atoms with E-state index in [4.69, 9.17) is 0 Å². The van der Waals surface area contributed by atoms with Crippen molar-refractivity contribution in [1.82, 2.24) is 0 Å². The van der Waals surface area contributed by atoms with Crippen LogP contribution in [-0.4, -0.2) is 21.5 Å². The monoisotopic (exact) mass is 278 g/mol. The molecule has 4 rings (SSSR count). The Bertz CT molecular complexity index is 559. The van der Waals surface area contributed by atoms with E-state index in [0.717, 1.165) is 37.1 Å². The molecule has 1 aromatic carbocycles. The molecule has 2 aliphatic carbocycles. The molecule has 0 bridgehead atoms. The summed E-state index contributed by atoms with van der Waals surface area (Å²) in [5.74, 6) is 1.12. The molecule has 2 fully saturated rings. The van der Waals surface area contributed by atoms with Crippen LogP contribution in [0.25, 0.3) is 0 Å². The molecule has 3 aliphatic rings. The first kappa shape index (κ1) is 11.6. The van der Waals surface area contributed by atoms with Crippen LogP contribution >= 0.6 is 0 Å². The molecular formula is C14H18N2O2S. The number of benzene rings is 1. The maximum atomic E-state index is 12.7. The standard InChI is InChI=1S/C14H18N2O2S/c17-19(18)15(9-11-5-6-11)13-3-1-2-4-14(13)16(19)10-12-7-8-12/h1-4,11-12H,5-10H2. The van der Waals surface area contributed by atoms with Crippen LogP contribution in [0, 0.1) is 11.8 Å². The lowest BCUT2D eigenvalue weighted by Crippen LogP contribution is -2.39. The Morgan fingerprint density at radius 1 is 0.895 bits per heavy atom. The lowest BCUT2D eigenvalue weighted by atomic mass is 10.2. The number of rotatable bonds is 4. The molecule has 5 heteroatoms. The molecule has 1 heterocycles. The van der Waals surface area contributed by atoms with Crippen molar-refractivity contribution in [2.75, 3.05) is 21.7 Å². The van der Waals surface area contributed by atoms with Gasteiger partial charge >= 0.3 is 10.2 Å². The van der Waals surface area contributed by atoms with E-state index in [1.165, 1.54) is 0 Å². The van der Waals surface area contributed by atoms with Crippen LogP contribution in [0.1, 0.15) is 25.7 Å². The van der Waals surface area contributed by atoms with E-state index in [2.05, 4.69) is 0 Å². The quantitative estimate of drug-likeness (QED) is 0.848. The second-order valence-electron chi connectivity index (χ2n) is 5.95. The Hall–Kier alpha value is -1.23. The van der Waals surface area contributed by atoms with Crippen LogP contribution in [-0.2, 0) is 10.2 Å². The smallest absolute Gasteiger partial charge is 0.251 e. The summed E-state index contributed by atoms with van der Waals surface area (Å²) in [6.45, 7) is 1.31. The number of hydrogen-bond donors (Lipinski definition) is 0. The molecule has 0 unspecified atom stereocenters. The van der Waals surface area contributed by atoms with E-state index in [1.807, 2.05) is 24.3 Å². The van der Waals surface area contributed by atoms with Crippen molar-refractivity contribution in [2.24, 2.45) is 11.8 Å². The van der Waals surface area contributed by atoms with Crippen LogP contribution < -0.4 is 8.61 Å². The van der Waals surface area contributed by atoms with Crippen LogP contribution in [0.5, 0.6) is 0 Å². The second kappa shape index (κ2) is 3.88. The van der Waals surface area contributed by atoms with E-state index < -0.39 is 10.2 Å². The van der Waals surface area contributed by atoms with Gasteiger partial charge in [0.05, 0.1) is 11.4 Å². The predicted octanol–water partition coefficient (Wildman–Crippen LogP) is 2.38. The van der Waals surface area contributed by atoms with Crippen molar-refractivity contribution in [1.29, 1.82) is 0 Å². The zero-order chi connectivity index (χ0) is 13.0. The number of fused-ring (bicyclic) bond motifs is 1. The summed E-state index contributed by atoms with van der Waals surface area (Å²) in [7, 11) is -3.33. The minimum atomic E-state index is -3.33. The molecular weight excluding hydrogens is 260 g/mol. The Kier molecular flexibility index (Phi) is 2.37. The van der Waals surface area contributed by atoms with Crippen molar-refractivity contribution in [2.45, 2.75) is 25.7 Å². The van der Waals surface area contributed by atoms with E-state index in [-0.39, 0.29) is 0 Å². The lowest BCUT2D eigenvalue weighted by molar-refractivity contribution is 0.584. The molecule has 1 aliphatic heterocycles. The normalized spacial score (nSPS) is 24.6. The maximum Gasteiger partial charge on any atom is 0.326 e. The zero-order valence-corrected chi connectivity index (χ0v) is 11.6. The van der Waals surface area contributed by atoms with Crippen molar-refractivity contribution in [3.8, 4) is 0 Å². The number of nitrogens with zero attached hydrogens (tertiary/aromatic N) is 2. The Balaban J connectivity index is 1.74. The highest BCUT2D eigenvalue weighted by molar-refractivity contribution is 7.94. The Morgan fingerprint density at radius 2 is 1.32 bits per heavy atom. The van der Waals surface area contributed by atoms with Gasteiger partial charge in [0, 0.05) is 13.1 Å². The fourth-order valence-electron chi connectivity index (χ4n) is 2.71. The van der Waals surface area contributed by atoms with Crippen LogP contribution in [0.2, 0.25) is 0 Å². The molecule has 102 valence electrons. The number of anilines is 2.